The first-order valence-electron chi connectivity index (χ1n) is 10.2. The van der Waals surface area contributed by atoms with E-state index in [1.54, 1.807) is 0 Å². The summed E-state index contributed by atoms with van der Waals surface area (Å²) in [6, 6.07) is 0. The van der Waals surface area contributed by atoms with E-state index in [1.807, 2.05) is 0 Å². The molecule has 1 saturated heterocycles. The Hall–Kier alpha value is 0.316. The maximum absolute atomic E-state index is 12.5. The number of allylic oxidation sites excluding steroid dienone is 1. The molecule has 3 saturated carbocycles. The first-order chi connectivity index (χ1) is 12.0. The summed E-state index contributed by atoms with van der Waals surface area (Å²) in [5, 5.41) is 0.119. The summed E-state index contributed by atoms with van der Waals surface area (Å²) in [6.07, 6.45) is 5.11. The van der Waals surface area contributed by atoms with Crippen molar-refractivity contribution < 1.29 is 16.3 Å². The molecule has 0 spiro atoms. The van der Waals surface area contributed by atoms with Crippen molar-refractivity contribution in [2.75, 3.05) is 0 Å². The molecule has 0 amide bonds. The summed E-state index contributed by atoms with van der Waals surface area (Å²) in [5.41, 5.74) is -0.500. The van der Waals surface area contributed by atoms with Gasteiger partial charge in [0.25, 0.3) is 0 Å². The van der Waals surface area contributed by atoms with Gasteiger partial charge < -0.3 is 0 Å². The van der Waals surface area contributed by atoms with Gasteiger partial charge in [-0.25, -0.2) is 0 Å². The van der Waals surface area contributed by atoms with Crippen molar-refractivity contribution >= 4 is 23.2 Å². The standard InChI is InChI=1S/C21H38O4SeSi/c1-18(2,3)11-12-21-15-13-14(20(15,7)8)16(17(21)23-26(22)25-21)24-27(9,10)19(4,5)6/h11-12,14-17H,13H2,1-10H3/b12-11-/t14-,15-,16-,17+,21-,26?/m1/s1. The van der Waals surface area contributed by atoms with Gasteiger partial charge in [0.2, 0.25) is 0 Å². The predicted molar refractivity (Wildman–Crippen MR) is 110 cm³/mol. The van der Waals surface area contributed by atoms with Gasteiger partial charge in [-0.1, -0.05) is 0 Å². The van der Waals surface area contributed by atoms with Crippen LogP contribution in [0.4, 0.5) is 0 Å². The SMILES string of the molecule is CC(C)(C)/C=C\[C@]12O[Se+]([O-])O[C@H]1[C@H](O[Si](C)(C)C(C)(C)C)[C@H]1C[C@@H]2C1(C)C. The monoisotopic (exact) mass is 462 g/mol. The molecule has 1 unspecified atom stereocenters. The van der Waals surface area contributed by atoms with Crippen LogP contribution >= 0.6 is 0 Å². The molecule has 2 bridgehead atoms. The van der Waals surface area contributed by atoms with Crippen molar-refractivity contribution in [1.29, 1.82) is 0 Å². The van der Waals surface area contributed by atoms with Gasteiger partial charge in [-0.3, -0.25) is 0 Å². The Morgan fingerprint density at radius 3 is 2.22 bits per heavy atom. The van der Waals surface area contributed by atoms with E-state index in [0.29, 0.717) is 11.8 Å². The van der Waals surface area contributed by atoms with E-state index in [0.717, 1.165) is 6.42 Å². The van der Waals surface area contributed by atoms with Gasteiger partial charge in [0.1, 0.15) is 0 Å². The number of hydrogen-bond acceptors (Lipinski definition) is 4. The Balaban J connectivity index is 2.02. The van der Waals surface area contributed by atoms with Crippen molar-refractivity contribution in [3.8, 4) is 0 Å². The van der Waals surface area contributed by atoms with Crippen LogP contribution in [-0.4, -0.2) is 41.0 Å². The third kappa shape index (κ3) is 3.54. The third-order valence-corrected chi connectivity index (χ3v) is 13.6. The summed E-state index contributed by atoms with van der Waals surface area (Å²) in [6.45, 7) is 22.5. The van der Waals surface area contributed by atoms with E-state index < -0.39 is 28.8 Å². The Labute approximate surface area is 172 Å². The molecule has 3 aliphatic carbocycles. The molecule has 4 aliphatic rings. The Bertz CT molecular complexity index is 619. The molecule has 4 nitrogen and oxygen atoms in total. The molecule has 1 aliphatic heterocycles. The molecule has 1 heterocycles. The first kappa shape index (κ1) is 22.0. The Morgan fingerprint density at radius 1 is 1.15 bits per heavy atom. The zero-order valence-corrected chi connectivity index (χ0v) is 21.4. The normalized spacial score (nSPS) is 41.5. The summed E-state index contributed by atoms with van der Waals surface area (Å²) < 4.78 is 31.6. The van der Waals surface area contributed by atoms with Gasteiger partial charge >= 0.3 is 172 Å². The summed E-state index contributed by atoms with van der Waals surface area (Å²) in [4.78, 5) is 0. The van der Waals surface area contributed by atoms with Gasteiger partial charge in [0.15, 0.2) is 0 Å². The summed E-state index contributed by atoms with van der Waals surface area (Å²) >= 11 is -2.75. The van der Waals surface area contributed by atoms with E-state index in [4.69, 9.17) is 12.1 Å². The van der Waals surface area contributed by atoms with E-state index in [1.165, 1.54) is 0 Å². The molecule has 0 aromatic carbocycles. The molecule has 156 valence electrons. The average molecular weight is 462 g/mol. The average Bonchev–Trinajstić information content (AvgIpc) is 2.80. The fourth-order valence-electron chi connectivity index (χ4n) is 4.69. The van der Waals surface area contributed by atoms with E-state index in [-0.39, 0.29) is 28.1 Å². The van der Waals surface area contributed by atoms with Crippen LogP contribution in [0.5, 0.6) is 0 Å². The molecule has 27 heavy (non-hydrogen) atoms. The number of rotatable bonds is 3. The molecule has 6 atom stereocenters. The van der Waals surface area contributed by atoms with Crippen LogP contribution in [-0.2, 0) is 12.1 Å². The fraction of sp³-hybridized carbons (Fsp3) is 0.905. The van der Waals surface area contributed by atoms with Crippen LogP contribution in [0.3, 0.4) is 0 Å². The van der Waals surface area contributed by atoms with Crippen molar-refractivity contribution in [2.24, 2.45) is 22.7 Å². The molecule has 0 radical (unpaired) electrons. The van der Waals surface area contributed by atoms with Crippen LogP contribution in [0, 0.1) is 22.7 Å². The molecule has 4 fully saturated rings. The van der Waals surface area contributed by atoms with Crippen molar-refractivity contribution in [2.45, 2.75) is 97.8 Å². The van der Waals surface area contributed by atoms with Crippen LogP contribution in [0.25, 0.3) is 0 Å². The predicted octanol–water partition coefficient (Wildman–Crippen LogP) is 4.15. The van der Waals surface area contributed by atoms with Gasteiger partial charge in [-0.15, -0.1) is 0 Å². The van der Waals surface area contributed by atoms with Crippen LogP contribution in [0.1, 0.15) is 61.8 Å². The minimum atomic E-state index is -2.75. The minimum absolute atomic E-state index is 0.0319. The third-order valence-electron chi connectivity index (χ3n) is 7.50. The van der Waals surface area contributed by atoms with E-state index >= 15 is 0 Å². The Morgan fingerprint density at radius 2 is 1.74 bits per heavy atom. The summed E-state index contributed by atoms with van der Waals surface area (Å²) in [7, 11) is -1.99. The van der Waals surface area contributed by atoms with Crippen LogP contribution in [0.15, 0.2) is 12.2 Å². The molecule has 6 heteroatoms. The first-order valence-corrected chi connectivity index (χ1v) is 15.2. The van der Waals surface area contributed by atoms with E-state index in [9.17, 15) is 4.19 Å². The molecule has 0 aromatic heterocycles. The number of hydrogen-bond donors (Lipinski definition) is 0. The molecular weight excluding hydrogens is 423 g/mol. The van der Waals surface area contributed by atoms with Crippen molar-refractivity contribution in [1.82, 2.24) is 0 Å². The second-order valence-corrected chi connectivity index (χ2v) is 18.3. The fourth-order valence-corrected chi connectivity index (χ4v) is 8.04. The van der Waals surface area contributed by atoms with Gasteiger partial charge in [0, 0.05) is 0 Å². The topological polar surface area (TPSA) is 50.8 Å². The zero-order chi connectivity index (χ0) is 20.6. The van der Waals surface area contributed by atoms with Gasteiger partial charge in [-0.2, -0.15) is 0 Å². The molecular formula is C21H38O4SeSi. The van der Waals surface area contributed by atoms with E-state index in [2.05, 4.69) is 80.6 Å². The summed E-state index contributed by atoms with van der Waals surface area (Å²) in [5.74, 6) is 0.749. The van der Waals surface area contributed by atoms with Crippen LogP contribution < -0.4 is 4.19 Å². The molecule has 0 N–H and O–H groups in total. The van der Waals surface area contributed by atoms with Gasteiger partial charge in [0.05, 0.1) is 0 Å². The second kappa shape index (κ2) is 6.40. The molecule has 0 aromatic rings. The zero-order valence-electron chi connectivity index (χ0n) is 18.7. The van der Waals surface area contributed by atoms with Crippen molar-refractivity contribution in [3.63, 3.8) is 0 Å². The van der Waals surface area contributed by atoms with Gasteiger partial charge in [-0.05, 0) is 0 Å². The quantitative estimate of drug-likeness (QED) is 0.468. The van der Waals surface area contributed by atoms with Crippen LogP contribution in [0.2, 0.25) is 18.1 Å². The Kier molecular flexibility index (Phi) is 5.22. The van der Waals surface area contributed by atoms with Crippen molar-refractivity contribution in [3.05, 3.63) is 12.2 Å². The molecule has 4 rings (SSSR count). The second-order valence-electron chi connectivity index (χ2n) is 11.9. The maximum atomic E-state index is 12.5.